The standard InChI is InChI=1S/C20H22N2O5/c1-14(23)22(17-8-4-6-15(12-17)20(25)27-3)11-10-19(24)21-16-7-5-9-18(13-16)26-2/h4-9,12-13H,10-11H2,1-3H3,(H,21,24). The van der Waals surface area contributed by atoms with Gasteiger partial charge in [-0.05, 0) is 30.3 Å². The number of hydrogen-bond acceptors (Lipinski definition) is 5. The van der Waals surface area contributed by atoms with Gasteiger partial charge in [0, 0.05) is 37.3 Å². The number of amides is 2. The van der Waals surface area contributed by atoms with Crippen LogP contribution in [0.2, 0.25) is 0 Å². The van der Waals surface area contributed by atoms with Crippen LogP contribution in [-0.2, 0) is 14.3 Å². The maximum absolute atomic E-state index is 12.2. The van der Waals surface area contributed by atoms with Crippen molar-refractivity contribution in [1.29, 1.82) is 0 Å². The molecule has 0 atom stereocenters. The summed E-state index contributed by atoms with van der Waals surface area (Å²) in [5.41, 5.74) is 1.48. The summed E-state index contributed by atoms with van der Waals surface area (Å²) in [5.74, 6) is -0.321. The van der Waals surface area contributed by atoms with Gasteiger partial charge in [0.2, 0.25) is 11.8 Å². The average Bonchev–Trinajstić information content (AvgIpc) is 2.67. The molecule has 0 spiro atoms. The lowest BCUT2D eigenvalue weighted by molar-refractivity contribution is -0.117. The molecular formula is C20H22N2O5. The molecule has 142 valence electrons. The van der Waals surface area contributed by atoms with Crippen molar-refractivity contribution in [2.75, 3.05) is 31.0 Å². The van der Waals surface area contributed by atoms with Crippen molar-refractivity contribution in [3.63, 3.8) is 0 Å². The van der Waals surface area contributed by atoms with Crippen molar-refractivity contribution in [2.24, 2.45) is 0 Å². The van der Waals surface area contributed by atoms with Crippen LogP contribution < -0.4 is 15.0 Å². The molecule has 0 saturated carbocycles. The first-order chi connectivity index (χ1) is 12.9. The number of anilines is 2. The van der Waals surface area contributed by atoms with Gasteiger partial charge < -0.3 is 19.7 Å². The normalized spacial score (nSPS) is 10.0. The molecule has 0 aliphatic carbocycles. The van der Waals surface area contributed by atoms with E-state index in [-0.39, 0.29) is 24.8 Å². The summed E-state index contributed by atoms with van der Waals surface area (Å²) in [6, 6.07) is 13.5. The molecule has 0 aliphatic heterocycles. The third-order valence-corrected chi connectivity index (χ3v) is 3.88. The van der Waals surface area contributed by atoms with Crippen molar-refractivity contribution in [2.45, 2.75) is 13.3 Å². The van der Waals surface area contributed by atoms with Crippen molar-refractivity contribution in [1.82, 2.24) is 0 Å². The second-order valence-electron chi connectivity index (χ2n) is 5.74. The lowest BCUT2D eigenvalue weighted by Gasteiger charge is -2.21. The SMILES string of the molecule is COC(=O)c1cccc(N(CCC(=O)Nc2cccc(OC)c2)C(C)=O)c1. The highest BCUT2D eigenvalue weighted by Crippen LogP contribution is 2.19. The monoisotopic (exact) mass is 370 g/mol. The Hall–Kier alpha value is -3.35. The Labute approximate surface area is 157 Å². The predicted octanol–water partition coefficient (Wildman–Crippen LogP) is 2.86. The zero-order valence-corrected chi connectivity index (χ0v) is 15.5. The Morgan fingerprint density at radius 1 is 1.04 bits per heavy atom. The summed E-state index contributed by atoms with van der Waals surface area (Å²) < 4.78 is 9.82. The van der Waals surface area contributed by atoms with E-state index < -0.39 is 5.97 Å². The van der Waals surface area contributed by atoms with Crippen LogP contribution in [0.15, 0.2) is 48.5 Å². The van der Waals surface area contributed by atoms with Crippen LogP contribution in [0.25, 0.3) is 0 Å². The number of esters is 1. The summed E-state index contributed by atoms with van der Waals surface area (Å²) in [4.78, 5) is 37.4. The van der Waals surface area contributed by atoms with Crippen molar-refractivity contribution >= 4 is 29.2 Å². The number of methoxy groups -OCH3 is 2. The van der Waals surface area contributed by atoms with Gasteiger partial charge >= 0.3 is 5.97 Å². The molecule has 0 aromatic heterocycles. The molecule has 2 rings (SSSR count). The van der Waals surface area contributed by atoms with Crippen LogP contribution in [0, 0.1) is 0 Å². The van der Waals surface area contributed by atoms with Crippen LogP contribution in [0.4, 0.5) is 11.4 Å². The Morgan fingerprint density at radius 2 is 1.78 bits per heavy atom. The predicted molar refractivity (Wildman–Crippen MR) is 102 cm³/mol. The molecule has 0 fully saturated rings. The van der Waals surface area contributed by atoms with Gasteiger partial charge in [-0.15, -0.1) is 0 Å². The highest BCUT2D eigenvalue weighted by Gasteiger charge is 2.16. The summed E-state index contributed by atoms with van der Waals surface area (Å²) in [7, 11) is 2.84. The van der Waals surface area contributed by atoms with Crippen LogP contribution in [-0.4, -0.2) is 38.5 Å². The zero-order chi connectivity index (χ0) is 19.8. The molecule has 0 radical (unpaired) electrons. The lowest BCUT2D eigenvalue weighted by atomic mass is 10.1. The maximum atomic E-state index is 12.2. The summed E-state index contributed by atoms with van der Waals surface area (Å²) in [6.45, 7) is 1.58. The van der Waals surface area contributed by atoms with Crippen molar-refractivity contribution in [3.05, 3.63) is 54.1 Å². The van der Waals surface area contributed by atoms with Crippen molar-refractivity contribution in [3.8, 4) is 5.75 Å². The summed E-state index contributed by atoms with van der Waals surface area (Å²) in [6.07, 6.45) is 0.0965. The number of carbonyl (C=O) groups is 3. The molecule has 2 aromatic rings. The van der Waals surface area contributed by atoms with Gasteiger partial charge in [0.15, 0.2) is 0 Å². The fraction of sp³-hybridized carbons (Fsp3) is 0.250. The Bertz CT molecular complexity index is 835. The summed E-state index contributed by atoms with van der Waals surface area (Å²) >= 11 is 0. The molecule has 7 nitrogen and oxygen atoms in total. The van der Waals surface area contributed by atoms with E-state index in [2.05, 4.69) is 5.32 Å². The highest BCUT2D eigenvalue weighted by atomic mass is 16.5. The largest absolute Gasteiger partial charge is 0.497 e. The fourth-order valence-electron chi connectivity index (χ4n) is 2.52. The third kappa shape index (κ3) is 5.57. The van der Waals surface area contributed by atoms with E-state index >= 15 is 0 Å². The quantitative estimate of drug-likeness (QED) is 0.758. The van der Waals surface area contributed by atoms with E-state index in [0.717, 1.165) is 0 Å². The first kappa shape index (κ1) is 20.0. The minimum absolute atomic E-state index is 0.0965. The van der Waals surface area contributed by atoms with E-state index in [1.165, 1.54) is 18.9 Å². The molecule has 0 saturated heterocycles. The molecule has 0 unspecified atom stereocenters. The van der Waals surface area contributed by atoms with Gasteiger partial charge in [-0.3, -0.25) is 9.59 Å². The van der Waals surface area contributed by atoms with Crippen LogP contribution >= 0.6 is 0 Å². The van der Waals surface area contributed by atoms with Crippen LogP contribution in [0.3, 0.4) is 0 Å². The fourth-order valence-corrected chi connectivity index (χ4v) is 2.52. The molecular weight excluding hydrogens is 348 g/mol. The second-order valence-corrected chi connectivity index (χ2v) is 5.74. The number of nitrogens with zero attached hydrogens (tertiary/aromatic N) is 1. The highest BCUT2D eigenvalue weighted by molar-refractivity contribution is 5.96. The first-order valence-electron chi connectivity index (χ1n) is 8.35. The minimum atomic E-state index is -0.490. The Morgan fingerprint density at radius 3 is 2.44 bits per heavy atom. The number of ether oxygens (including phenoxy) is 2. The van der Waals surface area contributed by atoms with Gasteiger partial charge in [-0.25, -0.2) is 4.79 Å². The molecule has 7 heteroatoms. The average molecular weight is 370 g/mol. The number of benzene rings is 2. The van der Waals surface area contributed by atoms with Gasteiger partial charge in [-0.1, -0.05) is 12.1 Å². The molecule has 2 amide bonds. The Kier molecular flexibility index (Phi) is 6.93. The van der Waals surface area contributed by atoms with Crippen LogP contribution in [0.5, 0.6) is 5.75 Å². The lowest BCUT2D eigenvalue weighted by Crippen LogP contribution is -2.32. The second kappa shape index (κ2) is 9.38. The van der Waals surface area contributed by atoms with E-state index in [9.17, 15) is 14.4 Å². The number of nitrogens with one attached hydrogen (secondary N) is 1. The molecule has 0 heterocycles. The van der Waals surface area contributed by atoms with Gasteiger partial charge in [0.05, 0.1) is 19.8 Å². The number of carbonyl (C=O) groups excluding carboxylic acids is 3. The first-order valence-corrected chi connectivity index (χ1v) is 8.35. The maximum Gasteiger partial charge on any atom is 0.337 e. The molecule has 27 heavy (non-hydrogen) atoms. The zero-order valence-electron chi connectivity index (χ0n) is 15.5. The molecule has 0 bridgehead atoms. The third-order valence-electron chi connectivity index (χ3n) is 3.88. The molecule has 2 aromatic carbocycles. The van der Waals surface area contributed by atoms with E-state index in [1.54, 1.807) is 55.6 Å². The van der Waals surface area contributed by atoms with Gasteiger partial charge in [0.1, 0.15) is 5.75 Å². The molecule has 1 N–H and O–H groups in total. The van der Waals surface area contributed by atoms with Crippen molar-refractivity contribution < 1.29 is 23.9 Å². The number of rotatable bonds is 7. The van der Waals surface area contributed by atoms with E-state index in [4.69, 9.17) is 9.47 Å². The van der Waals surface area contributed by atoms with E-state index in [1.807, 2.05) is 0 Å². The number of hydrogen-bond donors (Lipinski definition) is 1. The van der Waals surface area contributed by atoms with Crippen LogP contribution in [0.1, 0.15) is 23.7 Å². The van der Waals surface area contributed by atoms with E-state index in [0.29, 0.717) is 22.7 Å². The minimum Gasteiger partial charge on any atom is -0.497 e. The summed E-state index contributed by atoms with van der Waals surface area (Å²) in [5, 5.41) is 2.77. The Balaban J connectivity index is 2.05. The topological polar surface area (TPSA) is 84.9 Å². The van der Waals surface area contributed by atoms with Gasteiger partial charge in [0.25, 0.3) is 0 Å². The van der Waals surface area contributed by atoms with Gasteiger partial charge in [-0.2, -0.15) is 0 Å². The molecule has 0 aliphatic rings. The smallest absolute Gasteiger partial charge is 0.337 e.